The maximum Gasteiger partial charge on any atom is 0.325 e. The number of aliphatic carboxylic acids is 1. The highest BCUT2D eigenvalue weighted by atomic mass is 35.5. The molecule has 1 aromatic carbocycles. The third kappa shape index (κ3) is 2.95. The Morgan fingerprint density at radius 3 is 2.83 bits per heavy atom. The second kappa shape index (κ2) is 6.06. The molecule has 0 amide bonds. The molecule has 8 heteroatoms. The summed E-state index contributed by atoms with van der Waals surface area (Å²) in [7, 11) is 0. The number of rotatable bonds is 4. The molecule has 0 fully saturated rings. The number of carbonyl (C=O) groups is 1. The number of hydrogen-bond donors (Lipinski definition) is 3. The molecule has 3 rings (SSSR count). The zero-order valence-electron chi connectivity index (χ0n) is 12.0. The molecule has 3 aromatic rings. The number of nitrogens with zero attached hydrogens (tertiary/aromatic N) is 2. The number of pyridine rings is 1. The summed E-state index contributed by atoms with van der Waals surface area (Å²) < 4.78 is 0. The Kier molecular flexibility index (Phi) is 4.11. The monoisotopic (exact) mass is 350 g/mol. The van der Waals surface area contributed by atoms with E-state index in [0.717, 1.165) is 5.56 Å². The summed E-state index contributed by atoms with van der Waals surface area (Å²) in [5.74, 6) is -0.958. The number of carboxylic acids is 1. The molecule has 0 aliphatic rings. The van der Waals surface area contributed by atoms with E-state index in [1.165, 1.54) is 0 Å². The Labute approximate surface area is 141 Å². The first kappa shape index (κ1) is 15.6. The van der Waals surface area contributed by atoms with E-state index < -0.39 is 12.0 Å². The molecule has 3 N–H and O–H groups in total. The van der Waals surface area contributed by atoms with Crippen LogP contribution in [0.25, 0.3) is 22.2 Å². The third-order valence-electron chi connectivity index (χ3n) is 3.41. The van der Waals surface area contributed by atoms with Gasteiger partial charge in [-0.25, -0.2) is 4.98 Å². The molecule has 2 aromatic heterocycles. The van der Waals surface area contributed by atoms with Crippen LogP contribution in [-0.2, 0) is 4.79 Å². The molecule has 23 heavy (non-hydrogen) atoms. The van der Waals surface area contributed by atoms with Crippen molar-refractivity contribution in [1.29, 1.82) is 0 Å². The fourth-order valence-electron chi connectivity index (χ4n) is 2.19. The first-order chi connectivity index (χ1) is 11.0. The van der Waals surface area contributed by atoms with Crippen LogP contribution in [0.1, 0.15) is 6.92 Å². The predicted molar refractivity (Wildman–Crippen MR) is 90.1 cm³/mol. The molecule has 2 heterocycles. The van der Waals surface area contributed by atoms with Gasteiger partial charge < -0.3 is 10.4 Å². The smallest absolute Gasteiger partial charge is 0.325 e. The number of anilines is 1. The van der Waals surface area contributed by atoms with Crippen molar-refractivity contribution >= 4 is 45.8 Å². The van der Waals surface area contributed by atoms with Crippen molar-refractivity contribution in [3.05, 3.63) is 40.6 Å². The van der Waals surface area contributed by atoms with Gasteiger partial charge in [-0.05, 0) is 25.1 Å². The van der Waals surface area contributed by atoms with E-state index in [4.69, 9.17) is 28.3 Å². The summed E-state index contributed by atoms with van der Waals surface area (Å²) in [4.78, 5) is 15.7. The SMILES string of the molecule is C[C@H](Nc1cc(-c2cn[nH]c2)nc2c(Cl)c(Cl)ccc12)C(=O)O. The maximum atomic E-state index is 11.1. The maximum absolute atomic E-state index is 11.1. The second-order valence-corrected chi connectivity index (χ2v) is 5.79. The molecule has 118 valence electrons. The predicted octanol–water partition coefficient (Wildman–Crippen LogP) is 3.82. The van der Waals surface area contributed by atoms with Crippen LogP contribution in [0.2, 0.25) is 10.0 Å². The third-order valence-corrected chi connectivity index (χ3v) is 4.20. The van der Waals surface area contributed by atoms with Crippen molar-refractivity contribution in [2.75, 3.05) is 5.32 Å². The van der Waals surface area contributed by atoms with Crippen molar-refractivity contribution < 1.29 is 9.90 Å². The van der Waals surface area contributed by atoms with Gasteiger partial charge in [0, 0.05) is 22.8 Å². The number of nitrogens with one attached hydrogen (secondary N) is 2. The van der Waals surface area contributed by atoms with Gasteiger partial charge in [-0.3, -0.25) is 9.89 Å². The van der Waals surface area contributed by atoms with Crippen LogP contribution >= 0.6 is 23.2 Å². The minimum Gasteiger partial charge on any atom is -0.480 e. The highest BCUT2D eigenvalue weighted by Gasteiger charge is 2.16. The first-order valence-electron chi connectivity index (χ1n) is 6.74. The molecule has 0 unspecified atom stereocenters. The summed E-state index contributed by atoms with van der Waals surface area (Å²) in [5, 5.41) is 20.1. The first-order valence-corrected chi connectivity index (χ1v) is 7.50. The lowest BCUT2D eigenvalue weighted by atomic mass is 10.1. The summed E-state index contributed by atoms with van der Waals surface area (Å²) in [5.41, 5.74) is 2.47. The number of halogens is 2. The van der Waals surface area contributed by atoms with Crippen molar-refractivity contribution in [2.24, 2.45) is 0 Å². The number of fused-ring (bicyclic) bond motifs is 1. The standard InChI is InChI=1S/C15H12Cl2N4O2/c1-7(15(22)23)20-12-4-11(8-5-18-19-6-8)21-14-9(12)2-3-10(16)13(14)17/h2-7H,1H3,(H,18,19)(H,20,21)(H,22,23)/t7-/m0/s1. The fourth-order valence-corrected chi connectivity index (χ4v) is 2.55. The lowest BCUT2D eigenvalue weighted by molar-refractivity contribution is -0.137. The zero-order chi connectivity index (χ0) is 16.6. The number of H-pyrrole nitrogens is 1. The topological polar surface area (TPSA) is 90.9 Å². The molecule has 0 bridgehead atoms. The van der Waals surface area contributed by atoms with Gasteiger partial charge in [0.15, 0.2) is 0 Å². The average molecular weight is 351 g/mol. The van der Waals surface area contributed by atoms with Crippen LogP contribution in [0.5, 0.6) is 0 Å². The van der Waals surface area contributed by atoms with Crippen molar-refractivity contribution in [3.8, 4) is 11.3 Å². The lowest BCUT2D eigenvalue weighted by Crippen LogP contribution is -2.25. The molecule has 0 radical (unpaired) electrons. The van der Waals surface area contributed by atoms with Crippen LogP contribution in [0.4, 0.5) is 5.69 Å². The van der Waals surface area contributed by atoms with Gasteiger partial charge in [0.2, 0.25) is 0 Å². The molecule has 0 aliphatic carbocycles. The Morgan fingerprint density at radius 1 is 1.39 bits per heavy atom. The van der Waals surface area contributed by atoms with Crippen molar-refractivity contribution in [1.82, 2.24) is 15.2 Å². The van der Waals surface area contributed by atoms with Crippen molar-refractivity contribution in [2.45, 2.75) is 13.0 Å². The van der Waals surface area contributed by atoms with Crippen LogP contribution in [-0.4, -0.2) is 32.3 Å². The molecule has 1 atom stereocenters. The summed E-state index contributed by atoms with van der Waals surface area (Å²) >= 11 is 12.3. The Morgan fingerprint density at radius 2 is 2.17 bits per heavy atom. The number of benzene rings is 1. The Bertz CT molecular complexity index is 881. The van der Waals surface area contributed by atoms with E-state index in [0.29, 0.717) is 32.3 Å². The molecular weight excluding hydrogens is 339 g/mol. The number of hydrogen-bond acceptors (Lipinski definition) is 4. The summed E-state index contributed by atoms with van der Waals surface area (Å²) in [6.45, 7) is 1.56. The van der Waals surface area contributed by atoms with E-state index in [9.17, 15) is 4.79 Å². The molecular formula is C15H12Cl2N4O2. The molecule has 0 saturated heterocycles. The van der Waals surface area contributed by atoms with E-state index in [2.05, 4.69) is 20.5 Å². The van der Waals surface area contributed by atoms with E-state index in [1.54, 1.807) is 37.5 Å². The zero-order valence-corrected chi connectivity index (χ0v) is 13.5. The van der Waals surface area contributed by atoms with Gasteiger partial charge in [0.25, 0.3) is 0 Å². The Hall–Kier alpha value is -2.31. The normalized spacial score (nSPS) is 12.3. The fraction of sp³-hybridized carbons (Fsp3) is 0.133. The van der Waals surface area contributed by atoms with Crippen LogP contribution in [0.3, 0.4) is 0 Å². The van der Waals surface area contributed by atoms with Gasteiger partial charge in [0.1, 0.15) is 6.04 Å². The average Bonchev–Trinajstić information content (AvgIpc) is 3.05. The highest BCUT2D eigenvalue weighted by molar-refractivity contribution is 6.45. The van der Waals surface area contributed by atoms with E-state index in [-0.39, 0.29) is 0 Å². The molecule has 0 aliphatic heterocycles. The van der Waals surface area contributed by atoms with Crippen LogP contribution in [0.15, 0.2) is 30.6 Å². The van der Waals surface area contributed by atoms with E-state index in [1.807, 2.05) is 0 Å². The Balaban J connectivity index is 2.23. The van der Waals surface area contributed by atoms with Gasteiger partial charge in [-0.2, -0.15) is 5.10 Å². The van der Waals surface area contributed by atoms with Gasteiger partial charge in [-0.15, -0.1) is 0 Å². The van der Waals surface area contributed by atoms with Gasteiger partial charge in [0.05, 0.1) is 27.5 Å². The van der Waals surface area contributed by atoms with E-state index >= 15 is 0 Å². The largest absolute Gasteiger partial charge is 0.480 e. The van der Waals surface area contributed by atoms with Crippen LogP contribution in [0, 0.1) is 0 Å². The molecule has 6 nitrogen and oxygen atoms in total. The van der Waals surface area contributed by atoms with Crippen LogP contribution < -0.4 is 5.32 Å². The highest BCUT2D eigenvalue weighted by Crippen LogP contribution is 2.35. The quantitative estimate of drug-likeness (QED) is 0.665. The second-order valence-electron chi connectivity index (χ2n) is 5.00. The summed E-state index contributed by atoms with van der Waals surface area (Å²) in [6.07, 6.45) is 3.31. The number of carboxylic acid groups (broad SMARTS) is 1. The van der Waals surface area contributed by atoms with Gasteiger partial charge >= 0.3 is 5.97 Å². The number of aromatic nitrogens is 3. The minimum atomic E-state index is -0.958. The molecule has 0 spiro atoms. The minimum absolute atomic E-state index is 0.320. The molecule has 0 saturated carbocycles. The number of aromatic amines is 1. The van der Waals surface area contributed by atoms with Crippen molar-refractivity contribution in [3.63, 3.8) is 0 Å². The lowest BCUT2D eigenvalue weighted by Gasteiger charge is -2.15. The van der Waals surface area contributed by atoms with Gasteiger partial charge in [-0.1, -0.05) is 23.2 Å². The summed E-state index contributed by atoms with van der Waals surface area (Å²) in [6, 6.07) is 4.40.